The van der Waals surface area contributed by atoms with Gasteiger partial charge in [-0.05, 0) is 0 Å². The molecule has 0 amide bonds. The van der Waals surface area contributed by atoms with Crippen LogP contribution in [0.2, 0.25) is 0 Å². The highest BCUT2D eigenvalue weighted by molar-refractivity contribution is 6.12. The minimum absolute atomic E-state index is 0.0571. The largest absolute Gasteiger partial charge is 0.383 e. The van der Waals surface area contributed by atoms with E-state index in [9.17, 15) is 9.59 Å². The summed E-state index contributed by atoms with van der Waals surface area (Å²) in [5.41, 5.74) is 0.127. The Balaban J connectivity index is 4.34. The fourth-order valence-electron chi connectivity index (χ4n) is 0.661. The Bertz CT molecular complexity index is 196. The molecule has 0 N–H and O–H groups in total. The zero-order valence-electron chi connectivity index (χ0n) is 7.53. The number of aldehydes is 1. The third-order valence-corrected chi connectivity index (χ3v) is 1.12. The molecule has 0 saturated carbocycles. The van der Waals surface area contributed by atoms with Gasteiger partial charge in [-0.2, -0.15) is 0 Å². The van der Waals surface area contributed by atoms with E-state index in [-0.39, 0.29) is 18.0 Å². The van der Waals surface area contributed by atoms with Crippen molar-refractivity contribution in [2.24, 2.45) is 0 Å². The van der Waals surface area contributed by atoms with E-state index >= 15 is 0 Å². The molecule has 0 spiro atoms. The molecule has 0 unspecified atom stereocenters. The molecule has 0 aliphatic heterocycles. The molecule has 12 heavy (non-hydrogen) atoms. The SMILES string of the molecule is COCC(=O)/C(C=O)=C/N(C)C. The summed E-state index contributed by atoms with van der Waals surface area (Å²) in [6.07, 6.45) is 2.00. The number of hydrogen-bond donors (Lipinski definition) is 0. The number of hydrogen-bond acceptors (Lipinski definition) is 4. The van der Waals surface area contributed by atoms with Crippen LogP contribution in [0.4, 0.5) is 0 Å². The van der Waals surface area contributed by atoms with Crippen molar-refractivity contribution in [3.8, 4) is 0 Å². The van der Waals surface area contributed by atoms with E-state index in [1.165, 1.54) is 13.3 Å². The summed E-state index contributed by atoms with van der Waals surface area (Å²) in [6, 6.07) is 0. The van der Waals surface area contributed by atoms with Crippen LogP contribution in [0.5, 0.6) is 0 Å². The van der Waals surface area contributed by atoms with Crippen LogP contribution in [0.25, 0.3) is 0 Å². The van der Waals surface area contributed by atoms with E-state index in [1.807, 2.05) is 0 Å². The predicted octanol–water partition coefficient (Wildman–Crippen LogP) is -0.154. The van der Waals surface area contributed by atoms with Crippen molar-refractivity contribution < 1.29 is 14.3 Å². The van der Waals surface area contributed by atoms with Gasteiger partial charge in [-0.3, -0.25) is 9.59 Å². The van der Waals surface area contributed by atoms with Gasteiger partial charge in [0, 0.05) is 27.4 Å². The van der Waals surface area contributed by atoms with Crippen molar-refractivity contribution in [1.82, 2.24) is 4.90 Å². The quantitative estimate of drug-likeness (QED) is 0.250. The van der Waals surface area contributed by atoms with Crippen LogP contribution in [-0.2, 0) is 14.3 Å². The molecule has 0 heterocycles. The molecule has 68 valence electrons. The number of ether oxygens (including phenoxy) is 1. The summed E-state index contributed by atoms with van der Waals surface area (Å²) in [5.74, 6) is -0.304. The highest BCUT2D eigenvalue weighted by Crippen LogP contribution is 1.94. The minimum atomic E-state index is -0.304. The van der Waals surface area contributed by atoms with Crippen LogP contribution in [0.15, 0.2) is 11.8 Å². The first kappa shape index (κ1) is 10.8. The fraction of sp³-hybridized carbons (Fsp3) is 0.500. The van der Waals surface area contributed by atoms with E-state index in [0.29, 0.717) is 6.29 Å². The second-order valence-corrected chi connectivity index (χ2v) is 2.52. The van der Waals surface area contributed by atoms with Gasteiger partial charge in [0.1, 0.15) is 6.61 Å². The first-order chi connectivity index (χ1) is 5.61. The van der Waals surface area contributed by atoms with E-state index in [2.05, 4.69) is 4.74 Å². The van der Waals surface area contributed by atoms with Crippen LogP contribution < -0.4 is 0 Å². The van der Waals surface area contributed by atoms with E-state index < -0.39 is 0 Å². The first-order valence-electron chi connectivity index (χ1n) is 3.47. The number of ketones is 1. The molecule has 0 aromatic heterocycles. The summed E-state index contributed by atoms with van der Waals surface area (Å²) < 4.78 is 4.60. The molecule has 0 radical (unpaired) electrons. The molecule has 0 aliphatic carbocycles. The van der Waals surface area contributed by atoms with Gasteiger partial charge in [0.05, 0.1) is 5.57 Å². The predicted molar refractivity (Wildman–Crippen MR) is 44.7 cm³/mol. The third-order valence-electron chi connectivity index (χ3n) is 1.12. The van der Waals surface area contributed by atoms with E-state index in [0.717, 1.165) is 0 Å². The van der Waals surface area contributed by atoms with Gasteiger partial charge >= 0.3 is 0 Å². The highest BCUT2D eigenvalue weighted by Gasteiger charge is 2.07. The van der Waals surface area contributed by atoms with Crippen LogP contribution >= 0.6 is 0 Å². The Morgan fingerprint density at radius 1 is 1.50 bits per heavy atom. The molecule has 0 fully saturated rings. The van der Waals surface area contributed by atoms with Crippen molar-refractivity contribution in [3.05, 3.63) is 11.8 Å². The molecule has 0 rings (SSSR count). The molecule has 0 saturated heterocycles. The Hall–Kier alpha value is -1.16. The van der Waals surface area contributed by atoms with E-state index in [4.69, 9.17) is 0 Å². The Labute approximate surface area is 71.8 Å². The molecule has 0 aliphatic rings. The summed E-state index contributed by atoms with van der Waals surface area (Å²) in [4.78, 5) is 23.1. The molecule has 0 aromatic carbocycles. The van der Waals surface area contributed by atoms with Gasteiger partial charge in [0.2, 0.25) is 0 Å². The lowest BCUT2D eigenvalue weighted by Gasteiger charge is -2.05. The maximum Gasteiger partial charge on any atom is 0.193 e. The average molecular weight is 171 g/mol. The normalized spacial score (nSPS) is 11.1. The lowest BCUT2D eigenvalue weighted by Crippen LogP contribution is -2.14. The number of rotatable bonds is 5. The summed E-state index contributed by atoms with van der Waals surface area (Å²) in [7, 11) is 4.89. The number of carbonyl (C=O) groups is 2. The van der Waals surface area contributed by atoms with Crippen molar-refractivity contribution in [1.29, 1.82) is 0 Å². The van der Waals surface area contributed by atoms with Gasteiger partial charge in [0.25, 0.3) is 0 Å². The van der Waals surface area contributed by atoms with Gasteiger partial charge in [-0.25, -0.2) is 0 Å². The lowest BCUT2D eigenvalue weighted by atomic mass is 10.2. The average Bonchev–Trinajstić information content (AvgIpc) is 2.00. The van der Waals surface area contributed by atoms with Gasteiger partial charge in [0.15, 0.2) is 12.1 Å². The Morgan fingerprint density at radius 3 is 2.42 bits per heavy atom. The zero-order valence-corrected chi connectivity index (χ0v) is 7.53. The zero-order chi connectivity index (χ0) is 9.56. The number of methoxy groups -OCH3 is 1. The number of Topliss-reactive ketones (excluding diaryl/α,β-unsaturated/α-hetero) is 1. The number of carbonyl (C=O) groups excluding carboxylic acids is 2. The lowest BCUT2D eigenvalue weighted by molar-refractivity contribution is -0.120. The maximum atomic E-state index is 11.1. The topological polar surface area (TPSA) is 46.6 Å². The van der Waals surface area contributed by atoms with Gasteiger partial charge in [-0.15, -0.1) is 0 Å². The van der Waals surface area contributed by atoms with Crippen molar-refractivity contribution in [3.63, 3.8) is 0 Å². The third kappa shape index (κ3) is 3.88. The molecule has 0 bridgehead atoms. The summed E-state index contributed by atoms with van der Waals surface area (Å²) in [6.45, 7) is -0.0571. The van der Waals surface area contributed by atoms with Gasteiger partial charge < -0.3 is 9.64 Å². The fourth-order valence-corrected chi connectivity index (χ4v) is 0.661. The van der Waals surface area contributed by atoms with Crippen LogP contribution in [0.3, 0.4) is 0 Å². The molecular formula is C8H13NO3. The second kappa shape index (κ2) is 5.49. The molecule has 0 atom stereocenters. The standard InChI is InChI=1S/C8H13NO3/c1-9(2)4-7(5-10)8(11)6-12-3/h4-5H,6H2,1-3H3/b7-4+. The van der Waals surface area contributed by atoms with Crippen molar-refractivity contribution >= 4 is 12.1 Å². The van der Waals surface area contributed by atoms with Crippen LogP contribution in [0, 0.1) is 0 Å². The second-order valence-electron chi connectivity index (χ2n) is 2.52. The maximum absolute atomic E-state index is 11.1. The first-order valence-corrected chi connectivity index (χ1v) is 3.47. The smallest absolute Gasteiger partial charge is 0.193 e. The summed E-state index contributed by atoms with van der Waals surface area (Å²) >= 11 is 0. The molecule has 4 heteroatoms. The minimum Gasteiger partial charge on any atom is -0.383 e. The van der Waals surface area contributed by atoms with Crippen LogP contribution in [-0.4, -0.2) is 44.8 Å². The van der Waals surface area contributed by atoms with E-state index in [1.54, 1.807) is 19.0 Å². The molecular weight excluding hydrogens is 158 g/mol. The van der Waals surface area contributed by atoms with Crippen molar-refractivity contribution in [2.45, 2.75) is 0 Å². The number of nitrogens with zero attached hydrogens (tertiary/aromatic N) is 1. The molecule has 4 nitrogen and oxygen atoms in total. The Kier molecular flexibility index (Phi) is 4.96. The van der Waals surface area contributed by atoms with Crippen LogP contribution in [0.1, 0.15) is 0 Å². The molecule has 0 aromatic rings. The monoisotopic (exact) mass is 171 g/mol. The summed E-state index contributed by atoms with van der Waals surface area (Å²) in [5, 5.41) is 0. The highest BCUT2D eigenvalue weighted by atomic mass is 16.5. The van der Waals surface area contributed by atoms with Gasteiger partial charge in [-0.1, -0.05) is 0 Å². The Morgan fingerprint density at radius 2 is 2.08 bits per heavy atom. The van der Waals surface area contributed by atoms with Crippen molar-refractivity contribution in [2.75, 3.05) is 27.8 Å².